The summed E-state index contributed by atoms with van der Waals surface area (Å²) in [5, 5.41) is 3.58. The maximum absolute atomic E-state index is 13.4. The lowest BCUT2D eigenvalue weighted by Gasteiger charge is -2.28. The standard InChI is InChI=1S/C25H23ClN2O5/c26-17-6-2-1-5-15(17)12-28-14-25-10-9-20(33-25)21(22(25)24(28)30)23(29)27-11-16-13-31-18-7-3-4-8-19(18)32-16/h1-10,16,20-22H,11-14H2,(H,27,29)/t16?,20-,21?,22-,25?/m1/s1. The van der Waals surface area contributed by atoms with Crippen LogP contribution in [0.4, 0.5) is 0 Å². The van der Waals surface area contributed by atoms with Crippen molar-refractivity contribution in [3.05, 3.63) is 71.3 Å². The SMILES string of the molecule is O=C(NCC1COc2ccccc2O1)C1[C@H]2C=CC3(CN(Cc4ccccc4Cl)C(=O)[C@@H]13)O2. The van der Waals surface area contributed by atoms with Crippen molar-refractivity contribution in [3.63, 3.8) is 0 Å². The summed E-state index contributed by atoms with van der Waals surface area (Å²) in [5.74, 6) is -0.0346. The first-order chi connectivity index (χ1) is 16.0. The Hall–Kier alpha value is -3.03. The minimum absolute atomic E-state index is 0.0758. The molecule has 6 rings (SSSR count). The van der Waals surface area contributed by atoms with Gasteiger partial charge in [-0.25, -0.2) is 0 Å². The highest BCUT2D eigenvalue weighted by Crippen LogP contribution is 2.52. The van der Waals surface area contributed by atoms with Crippen LogP contribution < -0.4 is 14.8 Å². The number of fused-ring (bicyclic) bond motifs is 2. The first-order valence-corrected chi connectivity index (χ1v) is 11.5. The lowest BCUT2D eigenvalue weighted by atomic mass is 9.77. The fourth-order valence-corrected chi connectivity index (χ4v) is 5.54. The highest BCUT2D eigenvalue weighted by Gasteiger charge is 2.66. The van der Waals surface area contributed by atoms with E-state index in [1.165, 1.54) is 0 Å². The number of hydrogen-bond acceptors (Lipinski definition) is 5. The van der Waals surface area contributed by atoms with E-state index in [1.807, 2.05) is 60.7 Å². The summed E-state index contributed by atoms with van der Waals surface area (Å²) in [5.41, 5.74) is 0.118. The number of amides is 2. The molecule has 2 fully saturated rings. The molecule has 4 aliphatic rings. The van der Waals surface area contributed by atoms with Crippen LogP contribution in [-0.4, -0.2) is 54.2 Å². The Morgan fingerprint density at radius 3 is 2.79 bits per heavy atom. The number of para-hydroxylation sites is 2. The molecule has 0 radical (unpaired) electrons. The summed E-state index contributed by atoms with van der Waals surface area (Å²) in [6, 6.07) is 14.9. The first kappa shape index (κ1) is 20.6. The smallest absolute Gasteiger partial charge is 0.230 e. The van der Waals surface area contributed by atoms with Gasteiger partial charge in [0.2, 0.25) is 11.8 Å². The molecule has 5 atom stereocenters. The molecule has 170 valence electrons. The third kappa shape index (κ3) is 3.38. The second-order valence-electron chi connectivity index (χ2n) is 8.93. The van der Waals surface area contributed by atoms with Crippen LogP contribution in [0.5, 0.6) is 11.5 Å². The van der Waals surface area contributed by atoms with Gasteiger partial charge in [0.25, 0.3) is 0 Å². The third-order valence-corrected chi connectivity index (χ3v) is 7.24. The molecule has 1 spiro atoms. The fourth-order valence-electron chi connectivity index (χ4n) is 5.34. The predicted octanol–water partition coefficient (Wildman–Crippen LogP) is 2.58. The molecule has 2 aromatic carbocycles. The zero-order valence-corrected chi connectivity index (χ0v) is 18.5. The molecule has 2 saturated heterocycles. The van der Waals surface area contributed by atoms with Gasteiger partial charge in [-0.1, -0.05) is 54.1 Å². The van der Waals surface area contributed by atoms with E-state index in [4.69, 9.17) is 25.8 Å². The summed E-state index contributed by atoms with van der Waals surface area (Å²) in [6.45, 7) is 1.44. The summed E-state index contributed by atoms with van der Waals surface area (Å²) in [7, 11) is 0. The molecular weight excluding hydrogens is 444 g/mol. The molecule has 0 aliphatic carbocycles. The van der Waals surface area contributed by atoms with Crippen LogP contribution in [0.25, 0.3) is 0 Å². The number of rotatable bonds is 5. The normalized spacial score (nSPS) is 31.1. The molecule has 33 heavy (non-hydrogen) atoms. The summed E-state index contributed by atoms with van der Waals surface area (Å²) >= 11 is 6.30. The number of nitrogens with zero attached hydrogens (tertiary/aromatic N) is 1. The van der Waals surface area contributed by atoms with Crippen molar-refractivity contribution in [1.29, 1.82) is 0 Å². The van der Waals surface area contributed by atoms with Gasteiger partial charge < -0.3 is 24.4 Å². The van der Waals surface area contributed by atoms with Gasteiger partial charge in [-0.15, -0.1) is 0 Å². The van der Waals surface area contributed by atoms with Crippen molar-refractivity contribution in [3.8, 4) is 11.5 Å². The summed E-state index contributed by atoms with van der Waals surface area (Å²) in [6.07, 6.45) is 3.16. The second-order valence-corrected chi connectivity index (χ2v) is 9.34. The van der Waals surface area contributed by atoms with Crippen LogP contribution >= 0.6 is 11.6 Å². The van der Waals surface area contributed by atoms with E-state index in [9.17, 15) is 9.59 Å². The van der Waals surface area contributed by atoms with E-state index in [0.29, 0.717) is 36.2 Å². The average Bonchev–Trinajstić information content (AvgIpc) is 3.47. The zero-order valence-electron chi connectivity index (χ0n) is 17.8. The Labute approximate surface area is 196 Å². The van der Waals surface area contributed by atoms with Gasteiger partial charge in [0.15, 0.2) is 11.5 Å². The Kier molecular flexibility index (Phi) is 4.85. The van der Waals surface area contributed by atoms with E-state index in [0.717, 1.165) is 5.56 Å². The van der Waals surface area contributed by atoms with Crippen molar-refractivity contribution < 1.29 is 23.8 Å². The number of halogens is 1. The third-order valence-electron chi connectivity index (χ3n) is 6.87. The van der Waals surface area contributed by atoms with E-state index in [1.54, 1.807) is 4.90 Å². The van der Waals surface area contributed by atoms with E-state index in [-0.39, 0.29) is 24.5 Å². The fraction of sp³-hybridized carbons (Fsp3) is 0.360. The molecule has 8 heteroatoms. The number of likely N-dealkylation sites (tertiary alicyclic amines) is 1. The van der Waals surface area contributed by atoms with Crippen molar-refractivity contribution in [1.82, 2.24) is 10.2 Å². The maximum Gasteiger partial charge on any atom is 0.230 e. The number of hydrogen-bond donors (Lipinski definition) is 1. The number of benzene rings is 2. The van der Waals surface area contributed by atoms with Crippen LogP contribution in [-0.2, 0) is 20.9 Å². The molecule has 0 saturated carbocycles. The van der Waals surface area contributed by atoms with E-state index < -0.39 is 23.5 Å². The van der Waals surface area contributed by atoms with Crippen molar-refractivity contribution in [2.24, 2.45) is 11.8 Å². The topological polar surface area (TPSA) is 77.1 Å². The average molecular weight is 467 g/mol. The number of carbonyl (C=O) groups is 2. The molecule has 2 amide bonds. The Bertz CT molecular complexity index is 1150. The quantitative estimate of drug-likeness (QED) is 0.685. The van der Waals surface area contributed by atoms with Gasteiger partial charge in [-0.05, 0) is 23.8 Å². The molecule has 4 heterocycles. The van der Waals surface area contributed by atoms with Gasteiger partial charge in [0.05, 0.1) is 31.0 Å². The Balaban J connectivity index is 1.14. The van der Waals surface area contributed by atoms with Gasteiger partial charge >= 0.3 is 0 Å². The van der Waals surface area contributed by atoms with Crippen LogP contribution in [0.1, 0.15) is 5.56 Å². The van der Waals surface area contributed by atoms with Crippen molar-refractivity contribution >= 4 is 23.4 Å². The maximum atomic E-state index is 13.4. The van der Waals surface area contributed by atoms with Gasteiger partial charge in [0.1, 0.15) is 18.3 Å². The van der Waals surface area contributed by atoms with Gasteiger partial charge in [-0.3, -0.25) is 9.59 Å². The molecule has 3 unspecified atom stereocenters. The monoisotopic (exact) mass is 466 g/mol. The van der Waals surface area contributed by atoms with Crippen LogP contribution in [0.2, 0.25) is 5.02 Å². The molecule has 7 nitrogen and oxygen atoms in total. The highest BCUT2D eigenvalue weighted by atomic mass is 35.5. The molecule has 1 N–H and O–H groups in total. The highest BCUT2D eigenvalue weighted by molar-refractivity contribution is 6.31. The van der Waals surface area contributed by atoms with Gasteiger partial charge in [-0.2, -0.15) is 0 Å². The van der Waals surface area contributed by atoms with Crippen molar-refractivity contribution in [2.45, 2.75) is 24.4 Å². The van der Waals surface area contributed by atoms with Crippen LogP contribution in [0.15, 0.2) is 60.7 Å². The Morgan fingerprint density at radius 2 is 1.94 bits per heavy atom. The number of ether oxygens (including phenoxy) is 3. The van der Waals surface area contributed by atoms with E-state index >= 15 is 0 Å². The molecule has 2 aromatic rings. The number of carbonyl (C=O) groups excluding carboxylic acids is 2. The first-order valence-electron chi connectivity index (χ1n) is 11.1. The Morgan fingerprint density at radius 1 is 1.15 bits per heavy atom. The van der Waals surface area contributed by atoms with Crippen LogP contribution in [0.3, 0.4) is 0 Å². The van der Waals surface area contributed by atoms with Gasteiger partial charge in [0, 0.05) is 11.6 Å². The molecular formula is C25H23ClN2O5. The zero-order chi connectivity index (χ0) is 22.6. The van der Waals surface area contributed by atoms with E-state index in [2.05, 4.69) is 5.32 Å². The lowest BCUT2D eigenvalue weighted by Crippen LogP contribution is -2.47. The van der Waals surface area contributed by atoms with Crippen LogP contribution in [0, 0.1) is 11.8 Å². The molecule has 2 bridgehead atoms. The largest absolute Gasteiger partial charge is 0.486 e. The second kappa shape index (κ2) is 7.78. The molecule has 0 aromatic heterocycles. The predicted molar refractivity (Wildman–Crippen MR) is 120 cm³/mol. The minimum atomic E-state index is -0.756. The van der Waals surface area contributed by atoms with Crippen molar-refractivity contribution in [2.75, 3.05) is 19.7 Å². The summed E-state index contributed by atoms with van der Waals surface area (Å²) in [4.78, 5) is 28.3. The summed E-state index contributed by atoms with van der Waals surface area (Å²) < 4.78 is 17.9. The minimum Gasteiger partial charge on any atom is -0.486 e. The lowest BCUT2D eigenvalue weighted by molar-refractivity contribution is -0.138. The molecule has 4 aliphatic heterocycles. The number of nitrogens with one attached hydrogen (secondary N) is 1.